The standard InChI is InChI=1S/C14H21NO3/c1-11(15-6-8-18-9-7-15)14(16)12-4-3-5-13(10-12)17-2/h3-5,10-11,14,16H,6-9H2,1-2H3/t11-,14+/m0/s1. The second-order valence-corrected chi connectivity index (χ2v) is 4.61. The van der Waals surface area contributed by atoms with E-state index < -0.39 is 6.10 Å². The van der Waals surface area contributed by atoms with Crippen LogP contribution < -0.4 is 4.74 Å². The molecule has 1 aromatic carbocycles. The van der Waals surface area contributed by atoms with Crippen LogP contribution in [0.3, 0.4) is 0 Å². The summed E-state index contributed by atoms with van der Waals surface area (Å²) in [5, 5.41) is 10.4. The summed E-state index contributed by atoms with van der Waals surface area (Å²) in [6.07, 6.45) is -0.502. The molecule has 1 heterocycles. The number of nitrogens with zero attached hydrogens (tertiary/aromatic N) is 1. The minimum Gasteiger partial charge on any atom is -0.497 e. The molecule has 1 aromatic rings. The molecule has 4 nitrogen and oxygen atoms in total. The van der Waals surface area contributed by atoms with Crippen molar-refractivity contribution in [1.29, 1.82) is 0 Å². The molecule has 0 aliphatic carbocycles. The molecule has 0 radical (unpaired) electrons. The van der Waals surface area contributed by atoms with E-state index in [1.54, 1.807) is 7.11 Å². The van der Waals surface area contributed by atoms with Gasteiger partial charge in [-0.15, -0.1) is 0 Å². The van der Waals surface area contributed by atoms with Gasteiger partial charge in [0.1, 0.15) is 5.75 Å². The Morgan fingerprint density at radius 3 is 2.72 bits per heavy atom. The molecular formula is C14H21NO3. The molecule has 1 aliphatic rings. The Morgan fingerprint density at radius 1 is 1.33 bits per heavy atom. The zero-order chi connectivity index (χ0) is 13.0. The molecule has 18 heavy (non-hydrogen) atoms. The highest BCUT2D eigenvalue weighted by atomic mass is 16.5. The molecule has 1 aliphatic heterocycles. The smallest absolute Gasteiger partial charge is 0.119 e. The van der Waals surface area contributed by atoms with E-state index in [-0.39, 0.29) is 6.04 Å². The monoisotopic (exact) mass is 251 g/mol. The van der Waals surface area contributed by atoms with Gasteiger partial charge in [0.15, 0.2) is 0 Å². The zero-order valence-corrected chi connectivity index (χ0v) is 11.0. The number of methoxy groups -OCH3 is 1. The van der Waals surface area contributed by atoms with E-state index in [0.717, 1.165) is 37.6 Å². The van der Waals surface area contributed by atoms with Crippen molar-refractivity contribution < 1.29 is 14.6 Å². The summed E-state index contributed by atoms with van der Waals surface area (Å²) >= 11 is 0. The van der Waals surface area contributed by atoms with Crippen LogP contribution in [0.1, 0.15) is 18.6 Å². The SMILES string of the molecule is COc1cccc([C@H](O)[C@H](C)N2CCOCC2)c1. The third kappa shape index (κ3) is 3.02. The first-order chi connectivity index (χ1) is 8.72. The number of benzene rings is 1. The van der Waals surface area contributed by atoms with Crippen molar-refractivity contribution >= 4 is 0 Å². The Hall–Kier alpha value is -1.10. The second kappa shape index (κ2) is 6.18. The molecule has 100 valence electrons. The molecule has 2 atom stereocenters. The van der Waals surface area contributed by atoms with Gasteiger partial charge in [-0.3, -0.25) is 4.90 Å². The van der Waals surface area contributed by atoms with E-state index in [9.17, 15) is 5.11 Å². The molecule has 0 saturated carbocycles. The summed E-state index contributed by atoms with van der Waals surface area (Å²) in [4.78, 5) is 2.26. The molecule has 0 unspecified atom stereocenters. The summed E-state index contributed by atoms with van der Waals surface area (Å²) < 4.78 is 10.5. The maximum Gasteiger partial charge on any atom is 0.119 e. The van der Waals surface area contributed by atoms with Crippen molar-refractivity contribution in [1.82, 2.24) is 4.90 Å². The fourth-order valence-corrected chi connectivity index (χ4v) is 2.29. The van der Waals surface area contributed by atoms with Gasteiger partial charge in [0.25, 0.3) is 0 Å². The number of ether oxygens (including phenoxy) is 2. The molecule has 0 aromatic heterocycles. The Labute approximate surface area is 108 Å². The number of rotatable bonds is 4. The van der Waals surface area contributed by atoms with Gasteiger partial charge in [0.2, 0.25) is 0 Å². The lowest BCUT2D eigenvalue weighted by atomic mass is 10.0. The van der Waals surface area contributed by atoms with Gasteiger partial charge < -0.3 is 14.6 Å². The Bertz CT molecular complexity index is 377. The number of morpholine rings is 1. The lowest BCUT2D eigenvalue weighted by molar-refractivity contribution is -0.0166. The Kier molecular flexibility index (Phi) is 4.58. The van der Waals surface area contributed by atoms with Gasteiger partial charge in [-0.25, -0.2) is 0 Å². The van der Waals surface area contributed by atoms with Crippen LogP contribution >= 0.6 is 0 Å². The van der Waals surface area contributed by atoms with Crippen LogP contribution in [0.4, 0.5) is 0 Å². The van der Waals surface area contributed by atoms with Crippen molar-refractivity contribution in [3.8, 4) is 5.75 Å². The highest BCUT2D eigenvalue weighted by Crippen LogP contribution is 2.24. The van der Waals surface area contributed by atoms with Crippen LogP contribution in [0.15, 0.2) is 24.3 Å². The quantitative estimate of drug-likeness (QED) is 0.879. The highest BCUT2D eigenvalue weighted by molar-refractivity contribution is 5.30. The molecule has 0 spiro atoms. The first kappa shape index (κ1) is 13.3. The molecule has 1 saturated heterocycles. The Morgan fingerprint density at radius 2 is 2.06 bits per heavy atom. The number of hydrogen-bond donors (Lipinski definition) is 1. The summed E-state index contributed by atoms with van der Waals surface area (Å²) in [5.41, 5.74) is 0.897. The van der Waals surface area contributed by atoms with E-state index >= 15 is 0 Å². The van der Waals surface area contributed by atoms with Gasteiger partial charge in [0.05, 0.1) is 26.4 Å². The fraction of sp³-hybridized carbons (Fsp3) is 0.571. The molecular weight excluding hydrogens is 230 g/mol. The van der Waals surface area contributed by atoms with E-state index in [0.29, 0.717) is 0 Å². The van der Waals surface area contributed by atoms with Crippen LogP contribution in [0, 0.1) is 0 Å². The Balaban J connectivity index is 2.06. The van der Waals surface area contributed by atoms with E-state index in [2.05, 4.69) is 11.8 Å². The van der Waals surface area contributed by atoms with E-state index in [1.165, 1.54) is 0 Å². The minimum absolute atomic E-state index is 0.0843. The van der Waals surface area contributed by atoms with Gasteiger partial charge in [0, 0.05) is 19.1 Å². The number of aliphatic hydroxyl groups is 1. The predicted octanol–water partition coefficient (Wildman–Crippen LogP) is 1.45. The number of hydrogen-bond acceptors (Lipinski definition) is 4. The normalized spacial score (nSPS) is 20.4. The van der Waals surface area contributed by atoms with Crippen molar-refractivity contribution in [3.63, 3.8) is 0 Å². The van der Waals surface area contributed by atoms with Crippen molar-refractivity contribution in [3.05, 3.63) is 29.8 Å². The third-order valence-electron chi connectivity index (χ3n) is 3.51. The lowest BCUT2D eigenvalue weighted by Gasteiger charge is -2.35. The topological polar surface area (TPSA) is 41.9 Å². The van der Waals surface area contributed by atoms with E-state index in [4.69, 9.17) is 9.47 Å². The van der Waals surface area contributed by atoms with E-state index in [1.807, 2.05) is 24.3 Å². The lowest BCUT2D eigenvalue weighted by Crippen LogP contribution is -2.44. The minimum atomic E-state index is -0.502. The van der Waals surface area contributed by atoms with Crippen molar-refractivity contribution in [2.75, 3.05) is 33.4 Å². The molecule has 1 N–H and O–H groups in total. The first-order valence-electron chi connectivity index (χ1n) is 6.36. The van der Waals surface area contributed by atoms with Crippen LogP contribution in [0.2, 0.25) is 0 Å². The summed E-state index contributed by atoms with van der Waals surface area (Å²) in [7, 11) is 1.64. The van der Waals surface area contributed by atoms with Gasteiger partial charge in [-0.1, -0.05) is 12.1 Å². The van der Waals surface area contributed by atoms with Crippen LogP contribution in [-0.4, -0.2) is 49.5 Å². The van der Waals surface area contributed by atoms with Crippen molar-refractivity contribution in [2.24, 2.45) is 0 Å². The summed E-state index contributed by atoms with van der Waals surface area (Å²) in [6, 6.07) is 7.70. The van der Waals surface area contributed by atoms with Crippen LogP contribution in [-0.2, 0) is 4.74 Å². The zero-order valence-electron chi connectivity index (χ0n) is 11.0. The maximum absolute atomic E-state index is 10.4. The maximum atomic E-state index is 10.4. The second-order valence-electron chi connectivity index (χ2n) is 4.61. The average Bonchev–Trinajstić information content (AvgIpc) is 2.46. The van der Waals surface area contributed by atoms with Gasteiger partial charge >= 0.3 is 0 Å². The summed E-state index contributed by atoms with van der Waals surface area (Å²) in [5.74, 6) is 0.778. The third-order valence-corrected chi connectivity index (χ3v) is 3.51. The molecule has 2 rings (SSSR count). The highest BCUT2D eigenvalue weighted by Gasteiger charge is 2.24. The van der Waals surface area contributed by atoms with Crippen LogP contribution in [0.25, 0.3) is 0 Å². The first-order valence-corrected chi connectivity index (χ1v) is 6.36. The predicted molar refractivity (Wildman–Crippen MR) is 69.8 cm³/mol. The van der Waals surface area contributed by atoms with Gasteiger partial charge in [-0.2, -0.15) is 0 Å². The van der Waals surface area contributed by atoms with Gasteiger partial charge in [-0.05, 0) is 24.6 Å². The van der Waals surface area contributed by atoms with Crippen LogP contribution in [0.5, 0.6) is 5.75 Å². The molecule has 0 bridgehead atoms. The molecule has 1 fully saturated rings. The average molecular weight is 251 g/mol. The summed E-state index contributed by atoms with van der Waals surface area (Å²) in [6.45, 7) is 5.30. The molecule has 4 heteroatoms. The number of aliphatic hydroxyl groups excluding tert-OH is 1. The van der Waals surface area contributed by atoms with Crippen molar-refractivity contribution in [2.45, 2.75) is 19.1 Å². The largest absolute Gasteiger partial charge is 0.497 e. The molecule has 0 amide bonds. The fourth-order valence-electron chi connectivity index (χ4n) is 2.29.